The molecular weight excluding hydrogens is 400 g/mol. The molecule has 1 aliphatic rings. The van der Waals surface area contributed by atoms with E-state index in [1.807, 2.05) is 0 Å². The SMILES string of the molecule is O=C(NCCN1Cc2cc(Cl)ccc2OCC1=O)c1ccc(Br)o1. The average Bonchev–Trinajstić information content (AvgIpc) is 2.92. The second-order valence-electron chi connectivity index (χ2n) is 5.22. The van der Waals surface area contributed by atoms with E-state index in [0.29, 0.717) is 35.1 Å². The lowest BCUT2D eigenvalue weighted by atomic mass is 10.2. The van der Waals surface area contributed by atoms with E-state index >= 15 is 0 Å². The van der Waals surface area contributed by atoms with E-state index in [-0.39, 0.29) is 24.2 Å². The van der Waals surface area contributed by atoms with Crippen molar-refractivity contribution in [3.05, 3.63) is 51.3 Å². The normalized spacial score (nSPS) is 13.9. The first-order chi connectivity index (χ1) is 11.5. The number of benzene rings is 1. The van der Waals surface area contributed by atoms with Gasteiger partial charge in [-0.15, -0.1) is 0 Å². The third-order valence-electron chi connectivity index (χ3n) is 3.55. The molecule has 0 bridgehead atoms. The zero-order valence-corrected chi connectivity index (χ0v) is 14.9. The Kier molecular flexibility index (Phi) is 5.11. The summed E-state index contributed by atoms with van der Waals surface area (Å²) in [5.74, 6) is 0.393. The molecule has 126 valence electrons. The first-order valence-electron chi connectivity index (χ1n) is 7.25. The summed E-state index contributed by atoms with van der Waals surface area (Å²) < 4.78 is 11.2. The minimum Gasteiger partial charge on any atom is -0.483 e. The van der Waals surface area contributed by atoms with Crippen LogP contribution in [0.4, 0.5) is 0 Å². The molecular formula is C16H14BrClN2O4. The van der Waals surface area contributed by atoms with Gasteiger partial charge in [0.2, 0.25) is 0 Å². The van der Waals surface area contributed by atoms with E-state index < -0.39 is 0 Å². The number of halogens is 2. The van der Waals surface area contributed by atoms with Crippen LogP contribution in [0.5, 0.6) is 5.75 Å². The summed E-state index contributed by atoms with van der Waals surface area (Å²) >= 11 is 9.14. The van der Waals surface area contributed by atoms with Gasteiger partial charge in [0, 0.05) is 30.2 Å². The molecule has 0 saturated carbocycles. The monoisotopic (exact) mass is 412 g/mol. The standard InChI is InChI=1S/C16H14BrClN2O4/c17-14-4-3-13(24-14)16(22)19-5-6-20-8-10-7-11(18)1-2-12(10)23-9-15(20)21/h1-4,7H,5-6,8-9H2,(H,19,22). The van der Waals surface area contributed by atoms with Crippen LogP contribution in [-0.2, 0) is 11.3 Å². The first kappa shape index (κ1) is 16.9. The van der Waals surface area contributed by atoms with Crippen LogP contribution in [0, 0.1) is 0 Å². The summed E-state index contributed by atoms with van der Waals surface area (Å²) in [6, 6.07) is 8.47. The highest BCUT2D eigenvalue weighted by Crippen LogP contribution is 2.26. The summed E-state index contributed by atoms with van der Waals surface area (Å²) in [6.45, 7) is 1.02. The number of hydrogen-bond donors (Lipinski definition) is 1. The third-order valence-corrected chi connectivity index (χ3v) is 4.21. The fourth-order valence-electron chi connectivity index (χ4n) is 2.37. The first-order valence-corrected chi connectivity index (χ1v) is 8.42. The van der Waals surface area contributed by atoms with Crippen molar-refractivity contribution in [3.63, 3.8) is 0 Å². The lowest BCUT2D eigenvalue weighted by molar-refractivity contribution is -0.133. The molecule has 0 spiro atoms. The lowest BCUT2D eigenvalue weighted by Crippen LogP contribution is -2.39. The van der Waals surface area contributed by atoms with Gasteiger partial charge in [-0.2, -0.15) is 0 Å². The maximum absolute atomic E-state index is 12.1. The van der Waals surface area contributed by atoms with Gasteiger partial charge in [-0.3, -0.25) is 9.59 Å². The zero-order chi connectivity index (χ0) is 17.1. The maximum Gasteiger partial charge on any atom is 0.287 e. The van der Waals surface area contributed by atoms with Crippen molar-refractivity contribution >= 4 is 39.3 Å². The quantitative estimate of drug-likeness (QED) is 0.837. The van der Waals surface area contributed by atoms with Gasteiger partial charge in [-0.25, -0.2) is 0 Å². The highest BCUT2D eigenvalue weighted by molar-refractivity contribution is 9.10. The third kappa shape index (κ3) is 3.91. The zero-order valence-electron chi connectivity index (χ0n) is 12.6. The number of carbonyl (C=O) groups is 2. The van der Waals surface area contributed by atoms with E-state index in [4.69, 9.17) is 20.8 Å². The Morgan fingerprint density at radius 3 is 2.92 bits per heavy atom. The van der Waals surface area contributed by atoms with Gasteiger partial charge >= 0.3 is 0 Å². The Morgan fingerprint density at radius 1 is 1.33 bits per heavy atom. The highest BCUT2D eigenvalue weighted by Gasteiger charge is 2.21. The second-order valence-corrected chi connectivity index (χ2v) is 6.43. The van der Waals surface area contributed by atoms with Gasteiger partial charge in [0.1, 0.15) is 5.75 Å². The summed E-state index contributed by atoms with van der Waals surface area (Å²) in [5, 5.41) is 3.31. The summed E-state index contributed by atoms with van der Waals surface area (Å²) in [7, 11) is 0. The molecule has 0 aliphatic carbocycles. The molecule has 3 rings (SSSR count). The summed E-state index contributed by atoms with van der Waals surface area (Å²) in [4.78, 5) is 25.7. The Hall–Kier alpha value is -1.99. The Morgan fingerprint density at radius 2 is 2.17 bits per heavy atom. The predicted octanol–water partition coefficient (Wildman–Crippen LogP) is 2.85. The van der Waals surface area contributed by atoms with Gasteiger partial charge in [0.25, 0.3) is 11.8 Å². The minimum absolute atomic E-state index is 0.0340. The van der Waals surface area contributed by atoms with E-state index in [1.165, 1.54) is 0 Å². The molecule has 0 atom stereocenters. The number of furan rings is 1. The summed E-state index contributed by atoms with van der Waals surface area (Å²) in [6.07, 6.45) is 0. The molecule has 8 heteroatoms. The van der Waals surface area contributed by atoms with Crippen molar-refractivity contribution in [1.82, 2.24) is 10.2 Å². The number of rotatable bonds is 4. The number of carbonyl (C=O) groups excluding carboxylic acids is 2. The van der Waals surface area contributed by atoms with Gasteiger partial charge in [-0.1, -0.05) is 11.6 Å². The summed E-state index contributed by atoms with van der Waals surface area (Å²) in [5.41, 5.74) is 0.842. The van der Waals surface area contributed by atoms with Gasteiger partial charge < -0.3 is 19.4 Å². The van der Waals surface area contributed by atoms with E-state index in [2.05, 4.69) is 21.2 Å². The Balaban J connectivity index is 1.59. The molecule has 6 nitrogen and oxygen atoms in total. The lowest BCUT2D eigenvalue weighted by Gasteiger charge is -2.20. The molecule has 2 aromatic rings. The van der Waals surface area contributed by atoms with Crippen molar-refractivity contribution in [1.29, 1.82) is 0 Å². The molecule has 0 unspecified atom stereocenters. The number of amides is 2. The minimum atomic E-state index is -0.331. The van der Waals surface area contributed by atoms with Crippen LogP contribution in [0.1, 0.15) is 16.1 Å². The number of nitrogens with one attached hydrogen (secondary N) is 1. The molecule has 1 N–H and O–H groups in total. The molecule has 0 radical (unpaired) electrons. The Bertz CT molecular complexity index is 777. The van der Waals surface area contributed by atoms with Crippen LogP contribution in [0.2, 0.25) is 5.02 Å². The largest absolute Gasteiger partial charge is 0.483 e. The fourth-order valence-corrected chi connectivity index (χ4v) is 2.87. The predicted molar refractivity (Wildman–Crippen MR) is 91.1 cm³/mol. The number of nitrogens with zero attached hydrogens (tertiary/aromatic N) is 1. The fraction of sp³-hybridized carbons (Fsp3) is 0.250. The van der Waals surface area contributed by atoms with Crippen LogP contribution >= 0.6 is 27.5 Å². The van der Waals surface area contributed by atoms with Gasteiger partial charge in [0.05, 0.1) is 0 Å². The van der Waals surface area contributed by atoms with Crippen molar-refractivity contribution in [3.8, 4) is 5.75 Å². The van der Waals surface area contributed by atoms with Crippen LogP contribution in [-0.4, -0.2) is 36.4 Å². The highest BCUT2D eigenvalue weighted by atomic mass is 79.9. The average molecular weight is 414 g/mol. The van der Waals surface area contributed by atoms with Crippen LogP contribution in [0.15, 0.2) is 39.4 Å². The molecule has 1 aromatic carbocycles. The molecule has 1 aliphatic heterocycles. The molecule has 0 saturated heterocycles. The van der Waals surface area contributed by atoms with E-state index in [9.17, 15) is 9.59 Å². The molecule has 1 aromatic heterocycles. The van der Waals surface area contributed by atoms with Crippen molar-refractivity contribution in [2.45, 2.75) is 6.54 Å². The molecule has 2 heterocycles. The van der Waals surface area contributed by atoms with E-state index in [0.717, 1.165) is 5.56 Å². The maximum atomic E-state index is 12.1. The van der Waals surface area contributed by atoms with Crippen molar-refractivity contribution in [2.75, 3.05) is 19.7 Å². The number of ether oxygens (including phenoxy) is 1. The molecule has 24 heavy (non-hydrogen) atoms. The van der Waals surface area contributed by atoms with Crippen LogP contribution in [0.3, 0.4) is 0 Å². The number of fused-ring (bicyclic) bond motifs is 1. The number of hydrogen-bond acceptors (Lipinski definition) is 4. The van der Waals surface area contributed by atoms with Crippen LogP contribution < -0.4 is 10.1 Å². The smallest absolute Gasteiger partial charge is 0.287 e. The van der Waals surface area contributed by atoms with Crippen molar-refractivity contribution in [2.24, 2.45) is 0 Å². The molecule has 2 amide bonds. The molecule has 0 fully saturated rings. The van der Waals surface area contributed by atoms with Crippen LogP contribution in [0.25, 0.3) is 0 Å². The topological polar surface area (TPSA) is 71.8 Å². The Labute approximate surface area is 151 Å². The second kappa shape index (κ2) is 7.27. The van der Waals surface area contributed by atoms with Gasteiger partial charge in [0.15, 0.2) is 17.0 Å². The van der Waals surface area contributed by atoms with Gasteiger partial charge in [-0.05, 0) is 46.3 Å². The van der Waals surface area contributed by atoms with Crippen molar-refractivity contribution < 1.29 is 18.7 Å². The van der Waals surface area contributed by atoms with E-state index in [1.54, 1.807) is 35.2 Å².